The number of nitrogens with zero attached hydrogens (tertiary/aromatic N) is 2. The molecule has 1 aromatic heterocycles. The van der Waals surface area contributed by atoms with Crippen molar-refractivity contribution in [3.63, 3.8) is 0 Å². The summed E-state index contributed by atoms with van der Waals surface area (Å²) in [5.74, 6) is -0.951. The predicted octanol–water partition coefficient (Wildman–Crippen LogP) is 4.00. The molecule has 0 saturated heterocycles. The third-order valence-electron chi connectivity index (χ3n) is 3.70. The van der Waals surface area contributed by atoms with E-state index in [2.05, 4.69) is 21.0 Å². The number of primary amides is 1. The number of aromatic nitrogens is 2. The van der Waals surface area contributed by atoms with Gasteiger partial charge < -0.3 is 11.5 Å². The van der Waals surface area contributed by atoms with Crippen LogP contribution >= 0.6 is 15.9 Å². The molecule has 1 heterocycles. The number of nitrogen functional groups attached to an aromatic ring is 1. The van der Waals surface area contributed by atoms with Gasteiger partial charge in [-0.25, -0.2) is 4.68 Å². The minimum absolute atomic E-state index is 0.0512. The zero-order valence-corrected chi connectivity index (χ0v) is 14.7. The summed E-state index contributed by atoms with van der Waals surface area (Å²) in [7, 11) is 0. The molecule has 0 bridgehead atoms. The highest BCUT2D eigenvalue weighted by atomic mass is 79.9. The summed E-state index contributed by atoms with van der Waals surface area (Å²) in [6.07, 6.45) is -4.51. The fourth-order valence-corrected chi connectivity index (χ4v) is 2.76. The van der Waals surface area contributed by atoms with Crippen molar-refractivity contribution in [1.82, 2.24) is 9.78 Å². The molecule has 3 rings (SSSR count). The maximum absolute atomic E-state index is 13.0. The summed E-state index contributed by atoms with van der Waals surface area (Å²) in [6.45, 7) is 0. The Hall–Kier alpha value is -2.81. The number of alkyl halides is 3. The van der Waals surface area contributed by atoms with Crippen molar-refractivity contribution in [3.05, 3.63) is 64.1 Å². The van der Waals surface area contributed by atoms with Gasteiger partial charge in [-0.15, -0.1) is 0 Å². The second-order valence-electron chi connectivity index (χ2n) is 5.44. The first-order valence-corrected chi connectivity index (χ1v) is 8.09. The maximum Gasteiger partial charge on any atom is 0.416 e. The molecule has 0 radical (unpaired) electrons. The van der Waals surface area contributed by atoms with Crippen LogP contribution in [0.25, 0.3) is 16.9 Å². The third-order valence-corrected chi connectivity index (χ3v) is 4.23. The molecule has 0 fully saturated rings. The van der Waals surface area contributed by atoms with E-state index in [1.54, 1.807) is 24.3 Å². The van der Waals surface area contributed by atoms with Gasteiger partial charge in [0, 0.05) is 10.0 Å². The van der Waals surface area contributed by atoms with Gasteiger partial charge in [-0.1, -0.05) is 34.1 Å². The van der Waals surface area contributed by atoms with Gasteiger partial charge in [0.2, 0.25) is 0 Å². The predicted molar refractivity (Wildman–Crippen MR) is 94.6 cm³/mol. The average Bonchev–Trinajstić information content (AvgIpc) is 2.92. The molecule has 0 unspecified atom stereocenters. The molecule has 0 saturated carbocycles. The smallest absolute Gasteiger partial charge is 0.383 e. The average molecular weight is 425 g/mol. The van der Waals surface area contributed by atoms with E-state index >= 15 is 0 Å². The third kappa shape index (κ3) is 3.30. The lowest BCUT2D eigenvalue weighted by Gasteiger charge is -2.09. The normalized spacial score (nSPS) is 11.5. The zero-order chi connectivity index (χ0) is 19.1. The highest BCUT2D eigenvalue weighted by molar-refractivity contribution is 9.10. The number of rotatable bonds is 3. The van der Waals surface area contributed by atoms with E-state index in [0.717, 1.165) is 21.3 Å². The second kappa shape index (κ2) is 6.49. The van der Waals surface area contributed by atoms with E-state index in [1.807, 2.05) is 0 Å². The van der Waals surface area contributed by atoms with Crippen LogP contribution in [-0.2, 0) is 6.18 Å². The van der Waals surface area contributed by atoms with Crippen molar-refractivity contribution in [2.24, 2.45) is 5.73 Å². The molecule has 0 spiro atoms. The molecule has 9 heteroatoms. The minimum Gasteiger partial charge on any atom is -0.383 e. The standard InChI is InChI=1S/C17H12BrF3N4O/c18-11-6-4-9(5-7-11)14-13(16(23)26)15(22)25(24-14)12-3-1-2-10(8-12)17(19,20)21/h1-8H,22H2,(H2,23,26). The lowest BCUT2D eigenvalue weighted by atomic mass is 10.1. The van der Waals surface area contributed by atoms with Crippen LogP contribution in [0.3, 0.4) is 0 Å². The van der Waals surface area contributed by atoms with Crippen LogP contribution in [0.1, 0.15) is 15.9 Å². The first-order chi connectivity index (χ1) is 12.2. The van der Waals surface area contributed by atoms with Crippen LogP contribution < -0.4 is 11.5 Å². The highest BCUT2D eigenvalue weighted by Crippen LogP contribution is 2.33. The SMILES string of the molecule is NC(=O)c1c(-c2ccc(Br)cc2)nn(-c2cccc(C(F)(F)F)c2)c1N. The quantitative estimate of drug-likeness (QED) is 0.665. The van der Waals surface area contributed by atoms with E-state index < -0.39 is 17.6 Å². The molecule has 0 aliphatic carbocycles. The lowest BCUT2D eigenvalue weighted by molar-refractivity contribution is -0.137. The van der Waals surface area contributed by atoms with Crippen molar-refractivity contribution in [2.45, 2.75) is 6.18 Å². The maximum atomic E-state index is 13.0. The Balaban J connectivity index is 2.20. The first-order valence-electron chi connectivity index (χ1n) is 7.30. The Bertz CT molecular complexity index is 981. The molecular weight excluding hydrogens is 413 g/mol. The van der Waals surface area contributed by atoms with Gasteiger partial charge in [-0.2, -0.15) is 18.3 Å². The zero-order valence-electron chi connectivity index (χ0n) is 13.1. The number of benzene rings is 2. The Labute approximate surface area is 154 Å². The molecule has 0 aliphatic rings. The van der Waals surface area contributed by atoms with Gasteiger partial charge in [-0.05, 0) is 30.3 Å². The van der Waals surface area contributed by atoms with Crippen LogP contribution in [0.5, 0.6) is 0 Å². The molecule has 0 aliphatic heterocycles. The van der Waals surface area contributed by atoms with E-state index in [1.165, 1.54) is 12.1 Å². The summed E-state index contributed by atoms with van der Waals surface area (Å²) < 4.78 is 40.8. The van der Waals surface area contributed by atoms with Crippen LogP contribution in [0, 0.1) is 0 Å². The summed E-state index contributed by atoms with van der Waals surface area (Å²) in [5.41, 5.74) is 11.3. The number of anilines is 1. The Morgan fingerprint density at radius 2 is 1.77 bits per heavy atom. The van der Waals surface area contributed by atoms with Crippen LogP contribution in [0.4, 0.5) is 19.0 Å². The molecule has 0 atom stereocenters. The second-order valence-corrected chi connectivity index (χ2v) is 6.36. The minimum atomic E-state index is -4.51. The van der Waals surface area contributed by atoms with Gasteiger partial charge in [0.25, 0.3) is 5.91 Å². The topological polar surface area (TPSA) is 86.9 Å². The van der Waals surface area contributed by atoms with Crippen LogP contribution in [-0.4, -0.2) is 15.7 Å². The molecule has 1 amide bonds. The summed E-state index contributed by atoms with van der Waals surface area (Å²) >= 11 is 3.30. The van der Waals surface area contributed by atoms with Gasteiger partial charge in [0.15, 0.2) is 0 Å². The van der Waals surface area contributed by atoms with E-state index in [4.69, 9.17) is 11.5 Å². The number of hydrogen-bond donors (Lipinski definition) is 2. The fourth-order valence-electron chi connectivity index (χ4n) is 2.49. The molecule has 3 aromatic rings. The number of carbonyl (C=O) groups is 1. The van der Waals surface area contributed by atoms with Crippen molar-refractivity contribution in [1.29, 1.82) is 0 Å². The van der Waals surface area contributed by atoms with Crippen molar-refractivity contribution in [3.8, 4) is 16.9 Å². The van der Waals surface area contributed by atoms with Crippen molar-refractivity contribution >= 4 is 27.7 Å². The van der Waals surface area contributed by atoms with Crippen LogP contribution in [0.2, 0.25) is 0 Å². The lowest BCUT2D eigenvalue weighted by Crippen LogP contribution is -2.14. The van der Waals surface area contributed by atoms with E-state index in [0.29, 0.717) is 5.56 Å². The first kappa shape index (κ1) is 18.0. The molecular formula is C17H12BrF3N4O. The molecule has 26 heavy (non-hydrogen) atoms. The number of halogens is 4. The Morgan fingerprint density at radius 1 is 1.12 bits per heavy atom. The van der Waals surface area contributed by atoms with E-state index in [-0.39, 0.29) is 22.8 Å². The number of amides is 1. The largest absolute Gasteiger partial charge is 0.416 e. The van der Waals surface area contributed by atoms with Gasteiger partial charge in [-0.3, -0.25) is 4.79 Å². The molecule has 4 N–H and O–H groups in total. The molecule has 5 nitrogen and oxygen atoms in total. The number of hydrogen-bond acceptors (Lipinski definition) is 3. The van der Waals surface area contributed by atoms with E-state index in [9.17, 15) is 18.0 Å². The van der Waals surface area contributed by atoms with Crippen molar-refractivity contribution < 1.29 is 18.0 Å². The fraction of sp³-hybridized carbons (Fsp3) is 0.0588. The highest BCUT2D eigenvalue weighted by Gasteiger charge is 2.31. The summed E-state index contributed by atoms with van der Waals surface area (Å²) in [5, 5.41) is 4.23. The summed E-state index contributed by atoms with van der Waals surface area (Å²) in [4.78, 5) is 11.9. The van der Waals surface area contributed by atoms with Gasteiger partial charge in [0.1, 0.15) is 17.1 Å². The monoisotopic (exact) mass is 424 g/mol. The Kier molecular flexibility index (Phi) is 4.49. The molecule has 2 aromatic carbocycles. The van der Waals surface area contributed by atoms with Crippen LogP contribution in [0.15, 0.2) is 53.0 Å². The van der Waals surface area contributed by atoms with Gasteiger partial charge >= 0.3 is 6.18 Å². The van der Waals surface area contributed by atoms with Crippen molar-refractivity contribution in [2.75, 3.05) is 5.73 Å². The number of nitrogens with two attached hydrogens (primary N) is 2. The van der Waals surface area contributed by atoms with Gasteiger partial charge in [0.05, 0.1) is 11.3 Å². The number of carbonyl (C=O) groups excluding carboxylic acids is 1. The summed E-state index contributed by atoms with van der Waals surface area (Å²) in [6, 6.07) is 11.3. The Morgan fingerprint density at radius 3 is 2.35 bits per heavy atom. The molecule has 134 valence electrons.